The Morgan fingerprint density at radius 2 is 1.90 bits per heavy atom. The van der Waals surface area contributed by atoms with Crippen molar-refractivity contribution in [2.45, 2.75) is 43.7 Å². The van der Waals surface area contributed by atoms with Gasteiger partial charge in [0.05, 0.1) is 11.5 Å². The minimum Gasteiger partial charge on any atom is -0.367 e. The lowest BCUT2D eigenvalue weighted by molar-refractivity contribution is -0.173. The Bertz CT molecular complexity index is 575. The first-order valence-electron chi connectivity index (χ1n) is 6.97. The van der Waals surface area contributed by atoms with Crippen LogP contribution in [-0.2, 0) is 24.0 Å². The largest absolute Gasteiger partial charge is 0.367 e. The monoisotopic (exact) mass is 314 g/mol. The van der Waals surface area contributed by atoms with Crippen molar-refractivity contribution in [2.75, 3.05) is 19.5 Å². The molecule has 3 atom stereocenters. The van der Waals surface area contributed by atoms with Gasteiger partial charge in [0.15, 0.2) is 16.1 Å². The molecule has 0 aliphatic carbocycles. The molecule has 6 heteroatoms. The standard InChI is InChI=1S/C15H22O5S/c1-5-18-11(2)20-14(15(3)10-19-15)12-6-8-13(9-7-12)21(4,16)17/h6-9,11,14H,5,10H2,1-4H3/t11-,14?,15?/m1/s1. The van der Waals surface area contributed by atoms with Crippen molar-refractivity contribution in [1.29, 1.82) is 0 Å². The highest BCUT2D eigenvalue weighted by Crippen LogP contribution is 2.42. The third kappa shape index (κ3) is 4.03. The fourth-order valence-electron chi connectivity index (χ4n) is 2.20. The summed E-state index contributed by atoms with van der Waals surface area (Å²) >= 11 is 0. The molecule has 1 saturated heterocycles. The lowest BCUT2D eigenvalue weighted by atomic mass is 9.98. The van der Waals surface area contributed by atoms with E-state index in [9.17, 15) is 8.42 Å². The lowest BCUT2D eigenvalue weighted by Crippen LogP contribution is -2.27. The number of epoxide rings is 1. The summed E-state index contributed by atoms with van der Waals surface area (Å²) in [5.74, 6) is 0. The van der Waals surface area contributed by atoms with Crippen molar-refractivity contribution < 1.29 is 22.6 Å². The SMILES string of the molecule is CCO[C@@H](C)OC(c1ccc(S(C)(=O)=O)cc1)C1(C)CO1. The molecule has 0 saturated carbocycles. The van der Waals surface area contributed by atoms with Crippen molar-refractivity contribution in [2.24, 2.45) is 0 Å². The maximum Gasteiger partial charge on any atom is 0.175 e. The third-order valence-electron chi connectivity index (χ3n) is 3.49. The predicted octanol–water partition coefficient (Wildman–Crippen LogP) is 2.32. The molecule has 1 aliphatic rings. The topological polar surface area (TPSA) is 65.1 Å². The van der Waals surface area contributed by atoms with Crippen molar-refractivity contribution in [3.05, 3.63) is 29.8 Å². The zero-order chi connectivity index (χ0) is 15.7. The van der Waals surface area contributed by atoms with Crippen LogP contribution in [0.25, 0.3) is 0 Å². The van der Waals surface area contributed by atoms with Gasteiger partial charge >= 0.3 is 0 Å². The molecular formula is C15H22O5S. The van der Waals surface area contributed by atoms with E-state index in [4.69, 9.17) is 14.2 Å². The summed E-state index contributed by atoms with van der Waals surface area (Å²) in [6, 6.07) is 6.73. The lowest BCUT2D eigenvalue weighted by Gasteiger charge is -2.25. The summed E-state index contributed by atoms with van der Waals surface area (Å²) in [5, 5.41) is 0. The van der Waals surface area contributed by atoms with E-state index >= 15 is 0 Å². The van der Waals surface area contributed by atoms with Crippen LogP contribution in [0.4, 0.5) is 0 Å². The Labute approximate surface area is 126 Å². The fourth-order valence-corrected chi connectivity index (χ4v) is 2.83. The summed E-state index contributed by atoms with van der Waals surface area (Å²) in [5.41, 5.74) is 0.506. The van der Waals surface area contributed by atoms with Crippen LogP contribution in [0.2, 0.25) is 0 Å². The van der Waals surface area contributed by atoms with E-state index in [1.54, 1.807) is 24.3 Å². The fraction of sp³-hybridized carbons (Fsp3) is 0.600. The number of hydrogen-bond acceptors (Lipinski definition) is 5. The van der Waals surface area contributed by atoms with Crippen LogP contribution in [0.15, 0.2) is 29.2 Å². The highest BCUT2D eigenvalue weighted by molar-refractivity contribution is 7.90. The van der Waals surface area contributed by atoms with E-state index in [1.165, 1.54) is 6.26 Å². The van der Waals surface area contributed by atoms with Crippen LogP contribution in [0.3, 0.4) is 0 Å². The van der Waals surface area contributed by atoms with Gasteiger partial charge in [-0.1, -0.05) is 12.1 Å². The minimum atomic E-state index is -3.19. The van der Waals surface area contributed by atoms with Crippen molar-refractivity contribution in [1.82, 2.24) is 0 Å². The van der Waals surface area contributed by atoms with Gasteiger partial charge in [-0.05, 0) is 38.5 Å². The van der Waals surface area contributed by atoms with E-state index < -0.39 is 9.84 Å². The summed E-state index contributed by atoms with van der Waals surface area (Å²) in [4.78, 5) is 0.296. The molecule has 118 valence electrons. The van der Waals surface area contributed by atoms with Crippen LogP contribution < -0.4 is 0 Å². The van der Waals surface area contributed by atoms with Gasteiger partial charge in [0.1, 0.15) is 11.7 Å². The van der Waals surface area contributed by atoms with Crippen LogP contribution >= 0.6 is 0 Å². The van der Waals surface area contributed by atoms with Gasteiger partial charge < -0.3 is 14.2 Å². The van der Waals surface area contributed by atoms with E-state index in [0.29, 0.717) is 18.1 Å². The highest BCUT2D eigenvalue weighted by atomic mass is 32.2. The Kier molecular flexibility index (Phi) is 4.72. The molecule has 5 nitrogen and oxygen atoms in total. The van der Waals surface area contributed by atoms with Crippen LogP contribution in [0.1, 0.15) is 32.4 Å². The maximum absolute atomic E-state index is 11.5. The molecular weight excluding hydrogens is 292 g/mol. The quantitative estimate of drug-likeness (QED) is 0.571. The molecule has 1 aromatic carbocycles. The highest BCUT2D eigenvalue weighted by Gasteiger charge is 2.49. The van der Waals surface area contributed by atoms with Gasteiger partial charge in [-0.3, -0.25) is 0 Å². The summed E-state index contributed by atoms with van der Waals surface area (Å²) < 4.78 is 39.9. The molecule has 2 unspecified atom stereocenters. The van der Waals surface area contributed by atoms with E-state index in [0.717, 1.165) is 5.56 Å². The number of ether oxygens (including phenoxy) is 3. The smallest absolute Gasteiger partial charge is 0.175 e. The molecule has 21 heavy (non-hydrogen) atoms. The second-order valence-electron chi connectivity index (χ2n) is 5.48. The molecule has 0 amide bonds. The number of rotatable bonds is 7. The van der Waals surface area contributed by atoms with Gasteiger partial charge in [-0.2, -0.15) is 0 Å². The first-order valence-corrected chi connectivity index (χ1v) is 8.86. The van der Waals surface area contributed by atoms with Crippen LogP contribution in [0.5, 0.6) is 0 Å². The Balaban J connectivity index is 2.21. The molecule has 1 aromatic rings. The minimum absolute atomic E-state index is 0.285. The number of sulfone groups is 1. The molecule has 2 rings (SSSR count). The molecule has 1 heterocycles. The van der Waals surface area contributed by atoms with Gasteiger partial charge in [0, 0.05) is 12.9 Å². The van der Waals surface area contributed by atoms with Crippen LogP contribution in [-0.4, -0.2) is 39.8 Å². The summed E-state index contributed by atoms with van der Waals surface area (Å²) in [6.45, 7) is 6.90. The molecule has 0 aromatic heterocycles. The first-order chi connectivity index (χ1) is 9.76. The normalized spacial score (nSPS) is 24.6. The van der Waals surface area contributed by atoms with Crippen molar-refractivity contribution in [3.63, 3.8) is 0 Å². The zero-order valence-electron chi connectivity index (χ0n) is 12.8. The van der Waals surface area contributed by atoms with Gasteiger partial charge in [0.2, 0.25) is 0 Å². The van der Waals surface area contributed by atoms with Crippen molar-refractivity contribution >= 4 is 9.84 Å². The Morgan fingerprint density at radius 3 is 2.33 bits per heavy atom. The second-order valence-corrected chi connectivity index (χ2v) is 7.50. The van der Waals surface area contributed by atoms with E-state index in [1.807, 2.05) is 20.8 Å². The number of hydrogen-bond donors (Lipinski definition) is 0. The average Bonchev–Trinajstić information content (AvgIpc) is 3.14. The maximum atomic E-state index is 11.5. The Hall–Kier alpha value is -0.950. The van der Waals surface area contributed by atoms with Gasteiger partial charge in [-0.15, -0.1) is 0 Å². The van der Waals surface area contributed by atoms with Crippen LogP contribution in [0, 0.1) is 0 Å². The van der Waals surface area contributed by atoms with Gasteiger partial charge in [-0.25, -0.2) is 8.42 Å². The third-order valence-corrected chi connectivity index (χ3v) is 4.62. The molecule has 0 bridgehead atoms. The van der Waals surface area contributed by atoms with E-state index in [-0.39, 0.29) is 18.0 Å². The molecule has 0 radical (unpaired) electrons. The van der Waals surface area contributed by atoms with Gasteiger partial charge in [0.25, 0.3) is 0 Å². The molecule has 1 fully saturated rings. The second kappa shape index (κ2) is 6.04. The predicted molar refractivity (Wildman–Crippen MR) is 78.8 cm³/mol. The Morgan fingerprint density at radius 1 is 1.33 bits per heavy atom. The summed E-state index contributed by atoms with van der Waals surface area (Å²) in [6.07, 6.45) is 0.557. The zero-order valence-corrected chi connectivity index (χ0v) is 13.6. The van der Waals surface area contributed by atoms with Crippen molar-refractivity contribution in [3.8, 4) is 0 Å². The molecule has 1 aliphatic heterocycles. The summed E-state index contributed by atoms with van der Waals surface area (Å²) in [7, 11) is -3.19. The molecule has 0 spiro atoms. The molecule has 0 N–H and O–H groups in total. The number of benzene rings is 1. The van der Waals surface area contributed by atoms with E-state index in [2.05, 4.69) is 0 Å². The first kappa shape index (κ1) is 16.4. The average molecular weight is 314 g/mol.